The van der Waals surface area contributed by atoms with Crippen molar-refractivity contribution in [3.63, 3.8) is 0 Å². The van der Waals surface area contributed by atoms with Gasteiger partial charge in [0.1, 0.15) is 5.82 Å². The van der Waals surface area contributed by atoms with Gasteiger partial charge in [-0.3, -0.25) is 4.79 Å². The number of carbonyl (C=O) groups is 1. The molecule has 1 fully saturated rings. The van der Waals surface area contributed by atoms with Crippen LogP contribution in [-0.4, -0.2) is 50.2 Å². The van der Waals surface area contributed by atoms with E-state index in [-0.39, 0.29) is 17.8 Å². The molecular formula is C15H21FN2O2. The third-order valence-electron chi connectivity index (χ3n) is 3.40. The number of nitrogens with one attached hydrogen (secondary N) is 1. The van der Waals surface area contributed by atoms with E-state index < -0.39 is 0 Å². The van der Waals surface area contributed by atoms with E-state index in [2.05, 4.69) is 10.2 Å². The molecule has 1 atom stereocenters. The number of morpholine rings is 1. The minimum absolute atomic E-state index is 0.0221. The van der Waals surface area contributed by atoms with Crippen molar-refractivity contribution in [2.45, 2.75) is 18.9 Å². The lowest BCUT2D eigenvalue weighted by molar-refractivity contribution is -0.122. The van der Waals surface area contributed by atoms with Crippen molar-refractivity contribution >= 4 is 5.91 Å². The minimum Gasteiger partial charge on any atom is -0.374 e. The molecule has 4 nitrogen and oxygen atoms in total. The third kappa shape index (κ3) is 4.90. The van der Waals surface area contributed by atoms with Gasteiger partial charge >= 0.3 is 0 Å². The summed E-state index contributed by atoms with van der Waals surface area (Å²) in [4.78, 5) is 13.9. The Labute approximate surface area is 118 Å². The summed E-state index contributed by atoms with van der Waals surface area (Å²) in [5.74, 6) is -0.285. The molecule has 1 aromatic rings. The average molecular weight is 280 g/mol. The quantitative estimate of drug-likeness (QED) is 0.881. The average Bonchev–Trinajstić information content (AvgIpc) is 2.43. The summed E-state index contributed by atoms with van der Waals surface area (Å²) in [6.45, 7) is 3.01. The van der Waals surface area contributed by atoms with Crippen LogP contribution in [0.2, 0.25) is 0 Å². The van der Waals surface area contributed by atoms with Crippen molar-refractivity contribution < 1.29 is 13.9 Å². The van der Waals surface area contributed by atoms with Crippen LogP contribution in [0, 0.1) is 5.82 Å². The molecule has 0 aliphatic carbocycles. The fraction of sp³-hybridized carbons (Fsp3) is 0.533. The van der Waals surface area contributed by atoms with E-state index >= 15 is 0 Å². The van der Waals surface area contributed by atoms with Crippen molar-refractivity contribution in [2.75, 3.05) is 33.3 Å². The van der Waals surface area contributed by atoms with Gasteiger partial charge in [0.05, 0.1) is 12.7 Å². The van der Waals surface area contributed by atoms with E-state index in [1.54, 1.807) is 6.07 Å². The number of halogens is 1. The van der Waals surface area contributed by atoms with Gasteiger partial charge in [-0.25, -0.2) is 4.39 Å². The highest BCUT2D eigenvalue weighted by molar-refractivity contribution is 5.76. The number of carbonyl (C=O) groups excluding carboxylic acids is 1. The molecular weight excluding hydrogens is 259 g/mol. The number of benzene rings is 1. The first-order valence-electron chi connectivity index (χ1n) is 6.95. The molecule has 20 heavy (non-hydrogen) atoms. The smallest absolute Gasteiger partial charge is 0.220 e. The van der Waals surface area contributed by atoms with Gasteiger partial charge in [0.15, 0.2) is 0 Å². The number of likely N-dealkylation sites (N-methyl/N-ethyl adjacent to an activating group) is 1. The number of ether oxygens (including phenoxy) is 1. The van der Waals surface area contributed by atoms with E-state index in [1.807, 2.05) is 13.1 Å². The SMILES string of the molecule is CN1CCOC(CNC(=O)CCc2cccc(F)c2)C1. The fourth-order valence-electron chi connectivity index (χ4n) is 2.26. The molecule has 110 valence electrons. The predicted octanol–water partition coefficient (Wildman–Crippen LogP) is 1.21. The molecule has 1 saturated heterocycles. The molecule has 1 N–H and O–H groups in total. The molecule has 1 heterocycles. The standard InChI is InChI=1S/C15H21FN2O2/c1-18-7-8-20-14(11-18)10-17-15(19)6-5-12-3-2-4-13(16)9-12/h2-4,9,14H,5-8,10-11H2,1H3,(H,17,19). The second kappa shape index (κ2) is 7.36. The number of aryl methyl sites for hydroxylation is 1. The molecule has 0 bridgehead atoms. The Morgan fingerprint density at radius 1 is 1.55 bits per heavy atom. The highest BCUT2D eigenvalue weighted by atomic mass is 19.1. The zero-order valence-corrected chi connectivity index (χ0v) is 11.8. The molecule has 1 amide bonds. The normalized spacial score (nSPS) is 19.8. The predicted molar refractivity (Wildman–Crippen MR) is 75.0 cm³/mol. The van der Waals surface area contributed by atoms with Crippen LogP contribution in [0.3, 0.4) is 0 Å². The third-order valence-corrected chi connectivity index (χ3v) is 3.40. The molecule has 0 radical (unpaired) electrons. The first-order valence-corrected chi connectivity index (χ1v) is 6.95. The number of amides is 1. The van der Waals surface area contributed by atoms with Crippen molar-refractivity contribution in [3.8, 4) is 0 Å². The fourth-order valence-corrected chi connectivity index (χ4v) is 2.26. The molecule has 0 aromatic heterocycles. The molecule has 2 rings (SSSR count). The van der Waals surface area contributed by atoms with Crippen LogP contribution in [0.15, 0.2) is 24.3 Å². The van der Waals surface area contributed by atoms with Gasteiger partial charge in [0.2, 0.25) is 5.91 Å². The van der Waals surface area contributed by atoms with Crippen LogP contribution in [0.25, 0.3) is 0 Å². The number of hydrogen-bond donors (Lipinski definition) is 1. The Hall–Kier alpha value is -1.46. The lowest BCUT2D eigenvalue weighted by Crippen LogP contribution is -2.45. The second-order valence-corrected chi connectivity index (χ2v) is 5.19. The first-order chi connectivity index (χ1) is 9.63. The van der Waals surface area contributed by atoms with Crippen LogP contribution in [0.4, 0.5) is 4.39 Å². The minimum atomic E-state index is -0.262. The zero-order chi connectivity index (χ0) is 14.4. The Morgan fingerprint density at radius 3 is 3.15 bits per heavy atom. The van der Waals surface area contributed by atoms with Gasteiger partial charge in [0.25, 0.3) is 0 Å². The largest absolute Gasteiger partial charge is 0.374 e. The number of hydrogen-bond acceptors (Lipinski definition) is 3. The summed E-state index contributed by atoms with van der Waals surface area (Å²) < 4.78 is 18.6. The van der Waals surface area contributed by atoms with E-state index in [1.165, 1.54) is 12.1 Å². The van der Waals surface area contributed by atoms with Crippen molar-refractivity contribution in [1.29, 1.82) is 0 Å². The maximum absolute atomic E-state index is 13.0. The lowest BCUT2D eigenvalue weighted by Gasteiger charge is -2.30. The molecule has 1 aromatic carbocycles. The summed E-state index contributed by atoms with van der Waals surface area (Å²) in [7, 11) is 2.04. The summed E-state index contributed by atoms with van der Waals surface area (Å²) in [6, 6.07) is 6.36. The van der Waals surface area contributed by atoms with Gasteiger partial charge in [0, 0.05) is 26.1 Å². The van der Waals surface area contributed by atoms with Crippen molar-refractivity contribution in [2.24, 2.45) is 0 Å². The van der Waals surface area contributed by atoms with E-state index in [0.717, 1.165) is 18.7 Å². The van der Waals surface area contributed by atoms with Gasteiger partial charge in [-0.1, -0.05) is 12.1 Å². The Morgan fingerprint density at radius 2 is 2.40 bits per heavy atom. The van der Waals surface area contributed by atoms with Gasteiger partial charge < -0.3 is 15.0 Å². The topological polar surface area (TPSA) is 41.6 Å². The Balaban J connectivity index is 1.67. The Kier molecular flexibility index (Phi) is 5.49. The molecule has 0 saturated carbocycles. The molecule has 1 aliphatic heterocycles. The maximum atomic E-state index is 13.0. The monoisotopic (exact) mass is 280 g/mol. The number of rotatable bonds is 5. The van der Waals surface area contributed by atoms with Crippen molar-refractivity contribution in [3.05, 3.63) is 35.6 Å². The van der Waals surface area contributed by atoms with Gasteiger partial charge in [-0.05, 0) is 31.2 Å². The van der Waals surface area contributed by atoms with E-state index in [9.17, 15) is 9.18 Å². The highest BCUT2D eigenvalue weighted by Gasteiger charge is 2.17. The molecule has 0 spiro atoms. The zero-order valence-electron chi connectivity index (χ0n) is 11.8. The molecule has 5 heteroatoms. The first kappa shape index (κ1) is 14.9. The maximum Gasteiger partial charge on any atom is 0.220 e. The van der Waals surface area contributed by atoms with Crippen LogP contribution in [0.5, 0.6) is 0 Å². The number of nitrogens with zero attached hydrogens (tertiary/aromatic N) is 1. The van der Waals surface area contributed by atoms with Gasteiger partial charge in [-0.15, -0.1) is 0 Å². The molecule has 1 aliphatic rings. The van der Waals surface area contributed by atoms with Crippen molar-refractivity contribution in [1.82, 2.24) is 10.2 Å². The summed E-state index contributed by atoms with van der Waals surface area (Å²) >= 11 is 0. The molecule has 1 unspecified atom stereocenters. The summed E-state index contributed by atoms with van der Waals surface area (Å²) in [5.41, 5.74) is 0.841. The second-order valence-electron chi connectivity index (χ2n) is 5.19. The Bertz CT molecular complexity index is 453. The van der Waals surface area contributed by atoms with Crippen LogP contribution < -0.4 is 5.32 Å². The van der Waals surface area contributed by atoms with E-state index in [4.69, 9.17) is 4.74 Å². The van der Waals surface area contributed by atoms with Crippen LogP contribution in [0.1, 0.15) is 12.0 Å². The van der Waals surface area contributed by atoms with Crippen LogP contribution >= 0.6 is 0 Å². The van der Waals surface area contributed by atoms with E-state index in [0.29, 0.717) is 26.0 Å². The highest BCUT2D eigenvalue weighted by Crippen LogP contribution is 2.06. The summed E-state index contributed by atoms with van der Waals surface area (Å²) in [5, 5.41) is 2.87. The lowest BCUT2D eigenvalue weighted by atomic mass is 10.1. The van der Waals surface area contributed by atoms with Gasteiger partial charge in [-0.2, -0.15) is 0 Å². The summed E-state index contributed by atoms with van der Waals surface area (Å²) in [6.07, 6.45) is 0.980. The van der Waals surface area contributed by atoms with Crippen LogP contribution in [-0.2, 0) is 16.0 Å².